The van der Waals surface area contributed by atoms with Gasteiger partial charge in [0.1, 0.15) is 11.8 Å². The Kier molecular flexibility index (Phi) is 5.62. The van der Waals surface area contributed by atoms with E-state index in [1.54, 1.807) is 17.0 Å². The van der Waals surface area contributed by atoms with Gasteiger partial charge in [0.2, 0.25) is 5.88 Å². The molecule has 0 radical (unpaired) electrons. The third-order valence-corrected chi connectivity index (χ3v) is 6.19. The first-order valence-electron chi connectivity index (χ1n) is 10.7. The Hall–Kier alpha value is -3.63. The molecule has 7 nitrogen and oxygen atoms in total. The Morgan fingerprint density at radius 3 is 2.50 bits per heavy atom. The van der Waals surface area contributed by atoms with E-state index >= 15 is 0 Å². The number of carbonyl (C=O) groups excluding carboxylic acids is 1. The number of pyridine rings is 2. The maximum Gasteiger partial charge on any atom is 0.417 e. The number of carbonyl (C=O) groups is 1. The lowest BCUT2D eigenvalue weighted by Gasteiger charge is -2.49. The van der Waals surface area contributed by atoms with Crippen molar-refractivity contribution in [3.8, 4) is 17.3 Å². The number of ether oxygens (including phenoxy) is 1. The molecule has 3 aromatic rings. The van der Waals surface area contributed by atoms with Crippen molar-refractivity contribution in [2.75, 3.05) is 6.54 Å². The number of fused-ring (bicyclic) bond motifs is 3. The van der Waals surface area contributed by atoms with Crippen molar-refractivity contribution in [3.05, 3.63) is 66.1 Å². The molecule has 0 aromatic carbocycles. The van der Waals surface area contributed by atoms with Gasteiger partial charge >= 0.3 is 6.18 Å². The monoisotopic (exact) mass is 473 g/mol. The fourth-order valence-corrected chi connectivity index (χ4v) is 4.61. The minimum absolute atomic E-state index is 0.0798. The van der Waals surface area contributed by atoms with E-state index in [1.807, 2.05) is 0 Å². The molecule has 0 spiro atoms. The van der Waals surface area contributed by atoms with Crippen LogP contribution in [0.3, 0.4) is 0 Å². The van der Waals surface area contributed by atoms with Gasteiger partial charge in [-0.1, -0.05) is 0 Å². The number of nitrogens with zero attached hydrogens (tertiary/aromatic N) is 5. The molecule has 176 valence electrons. The van der Waals surface area contributed by atoms with Crippen molar-refractivity contribution < 1.29 is 27.1 Å². The molecule has 2 bridgehead atoms. The van der Waals surface area contributed by atoms with Crippen LogP contribution in [0.25, 0.3) is 11.4 Å². The highest BCUT2D eigenvalue weighted by Gasteiger charge is 2.45. The van der Waals surface area contributed by atoms with Crippen LogP contribution in [-0.4, -0.2) is 49.4 Å². The predicted molar refractivity (Wildman–Crippen MR) is 111 cm³/mol. The van der Waals surface area contributed by atoms with E-state index in [0.717, 1.165) is 31.1 Å². The van der Waals surface area contributed by atoms with Gasteiger partial charge in [0, 0.05) is 25.0 Å². The largest absolute Gasteiger partial charge is 0.472 e. The average Bonchev–Trinajstić information content (AvgIpc) is 2.84. The van der Waals surface area contributed by atoms with Gasteiger partial charge in [0.25, 0.3) is 5.91 Å². The molecule has 3 unspecified atom stereocenters. The molecule has 11 heteroatoms. The van der Waals surface area contributed by atoms with Crippen LogP contribution in [0.2, 0.25) is 0 Å². The van der Waals surface area contributed by atoms with E-state index in [9.17, 15) is 22.4 Å². The summed E-state index contributed by atoms with van der Waals surface area (Å²) >= 11 is 0. The number of alkyl halides is 3. The SMILES string of the molecule is O=C(c1ncccc1-c1ncc(F)cn1)N1CC2CCC1C(Oc1ccc(C(F)(F)F)cn1)C2. The zero-order valence-corrected chi connectivity index (χ0v) is 17.7. The highest BCUT2D eigenvalue weighted by atomic mass is 19.4. The molecule has 34 heavy (non-hydrogen) atoms. The standard InChI is InChI=1S/C23H19F4N5O2/c24-15-10-30-21(31-11-15)16-2-1-7-28-20(16)22(33)32-12-13-3-5-17(32)18(8-13)34-19-6-4-14(9-29-19)23(25,26)27/h1-2,4,6-7,9-11,13,17-18H,3,5,8,12H2. The van der Waals surface area contributed by atoms with Crippen molar-refractivity contribution in [1.82, 2.24) is 24.8 Å². The number of amides is 1. The fraction of sp³-hybridized carbons (Fsp3) is 0.348. The maximum atomic E-state index is 13.5. The third-order valence-electron chi connectivity index (χ3n) is 6.19. The van der Waals surface area contributed by atoms with E-state index in [0.29, 0.717) is 24.9 Å². The van der Waals surface area contributed by atoms with E-state index in [1.165, 1.54) is 12.3 Å². The Morgan fingerprint density at radius 1 is 1.03 bits per heavy atom. The lowest BCUT2D eigenvalue weighted by molar-refractivity contribution is -0.137. The second-order valence-electron chi connectivity index (χ2n) is 8.37. The first kappa shape index (κ1) is 22.2. The Morgan fingerprint density at radius 2 is 1.82 bits per heavy atom. The van der Waals surface area contributed by atoms with Crippen LogP contribution in [0.15, 0.2) is 49.1 Å². The second-order valence-corrected chi connectivity index (χ2v) is 8.37. The summed E-state index contributed by atoms with van der Waals surface area (Å²) in [6.07, 6.45) is 1.67. The van der Waals surface area contributed by atoms with Crippen molar-refractivity contribution >= 4 is 5.91 Å². The summed E-state index contributed by atoms with van der Waals surface area (Å²) in [6.45, 7) is 0.518. The Balaban J connectivity index is 1.38. The molecule has 0 N–H and O–H groups in total. The second kappa shape index (κ2) is 8.62. The summed E-state index contributed by atoms with van der Waals surface area (Å²) in [5.41, 5.74) is -0.323. The van der Waals surface area contributed by atoms with Gasteiger partial charge in [-0.05, 0) is 43.4 Å². The van der Waals surface area contributed by atoms with Crippen molar-refractivity contribution in [1.29, 1.82) is 0 Å². The van der Waals surface area contributed by atoms with Crippen molar-refractivity contribution in [2.24, 2.45) is 5.92 Å². The average molecular weight is 473 g/mol. The molecule has 2 aliphatic heterocycles. The minimum atomic E-state index is -4.48. The molecule has 6 rings (SSSR count). The molecule has 3 aromatic heterocycles. The Bertz CT molecular complexity index is 1190. The number of hydrogen-bond donors (Lipinski definition) is 0. The van der Waals surface area contributed by atoms with Crippen molar-refractivity contribution in [3.63, 3.8) is 0 Å². The van der Waals surface area contributed by atoms with Crippen LogP contribution in [0, 0.1) is 11.7 Å². The summed E-state index contributed by atoms with van der Waals surface area (Å²) in [7, 11) is 0. The summed E-state index contributed by atoms with van der Waals surface area (Å²) in [6, 6.07) is 5.12. The van der Waals surface area contributed by atoms with E-state index in [-0.39, 0.29) is 35.3 Å². The summed E-state index contributed by atoms with van der Waals surface area (Å²) in [5, 5.41) is 0. The molecule has 5 heterocycles. The van der Waals surface area contributed by atoms with Crippen LogP contribution in [0.5, 0.6) is 5.88 Å². The van der Waals surface area contributed by atoms with Crippen LogP contribution >= 0.6 is 0 Å². The summed E-state index contributed by atoms with van der Waals surface area (Å²) in [5.74, 6) is -0.474. The minimum Gasteiger partial charge on any atom is -0.472 e. The predicted octanol–water partition coefficient (Wildman–Crippen LogP) is 4.16. The van der Waals surface area contributed by atoms with Gasteiger partial charge in [-0.2, -0.15) is 13.2 Å². The van der Waals surface area contributed by atoms with Gasteiger partial charge in [-0.3, -0.25) is 9.78 Å². The van der Waals surface area contributed by atoms with E-state index in [4.69, 9.17) is 4.74 Å². The zero-order valence-electron chi connectivity index (χ0n) is 17.7. The molecule has 2 saturated heterocycles. The van der Waals surface area contributed by atoms with Gasteiger partial charge in [0.15, 0.2) is 11.6 Å². The topological polar surface area (TPSA) is 81.1 Å². The first-order chi connectivity index (χ1) is 16.3. The number of halogens is 4. The number of piperidine rings is 2. The molecular formula is C23H19F4N5O2. The zero-order chi connectivity index (χ0) is 23.9. The van der Waals surface area contributed by atoms with Crippen LogP contribution in [-0.2, 0) is 6.18 Å². The lowest BCUT2D eigenvalue weighted by atomic mass is 9.77. The number of hydrogen-bond acceptors (Lipinski definition) is 6. The molecule has 3 fully saturated rings. The Labute approximate surface area is 191 Å². The van der Waals surface area contributed by atoms with Crippen LogP contribution in [0.4, 0.5) is 17.6 Å². The fourth-order valence-electron chi connectivity index (χ4n) is 4.61. The van der Waals surface area contributed by atoms with E-state index < -0.39 is 23.7 Å². The summed E-state index contributed by atoms with van der Waals surface area (Å²) < 4.78 is 57.7. The summed E-state index contributed by atoms with van der Waals surface area (Å²) in [4.78, 5) is 31.2. The highest BCUT2D eigenvalue weighted by molar-refractivity contribution is 5.98. The van der Waals surface area contributed by atoms with Gasteiger partial charge < -0.3 is 9.64 Å². The van der Waals surface area contributed by atoms with Crippen LogP contribution < -0.4 is 4.74 Å². The molecule has 3 aliphatic rings. The quantitative estimate of drug-likeness (QED) is 0.530. The molecular weight excluding hydrogens is 454 g/mol. The molecule has 1 aliphatic carbocycles. The van der Waals surface area contributed by atoms with Gasteiger partial charge in [0.05, 0.1) is 29.6 Å². The highest BCUT2D eigenvalue weighted by Crippen LogP contribution is 2.38. The number of aromatic nitrogens is 4. The van der Waals surface area contributed by atoms with Crippen molar-refractivity contribution in [2.45, 2.75) is 37.6 Å². The maximum absolute atomic E-state index is 13.5. The first-order valence-corrected chi connectivity index (χ1v) is 10.7. The van der Waals surface area contributed by atoms with Gasteiger partial charge in [-0.25, -0.2) is 19.3 Å². The molecule has 1 saturated carbocycles. The van der Waals surface area contributed by atoms with Gasteiger partial charge in [-0.15, -0.1) is 0 Å². The molecule has 1 amide bonds. The van der Waals surface area contributed by atoms with E-state index in [2.05, 4.69) is 19.9 Å². The smallest absolute Gasteiger partial charge is 0.417 e. The van der Waals surface area contributed by atoms with Crippen LogP contribution in [0.1, 0.15) is 35.3 Å². The number of rotatable bonds is 4. The lowest BCUT2D eigenvalue weighted by Crippen LogP contribution is -2.59. The molecule has 3 atom stereocenters. The normalized spacial score (nSPS) is 22.0. The third kappa shape index (κ3) is 4.29.